The van der Waals surface area contributed by atoms with E-state index in [2.05, 4.69) is 44.9 Å². The number of aromatic nitrogens is 3. The van der Waals surface area contributed by atoms with Crippen molar-refractivity contribution in [3.63, 3.8) is 0 Å². The molecular formula is C18H29IN6O. The molecular weight excluding hydrogens is 443 g/mol. The maximum atomic E-state index is 5.20. The Morgan fingerprint density at radius 1 is 1.23 bits per heavy atom. The molecule has 0 aliphatic rings. The average Bonchev–Trinajstić information content (AvgIpc) is 2.96. The maximum Gasteiger partial charge on any atom is 0.191 e. The van der Waals surface area contributed by atoms with Gasteiger partial charge in [-0.3, -0.25) is 4.99 Å². The van der Waals surface area contributed by atoms with Crippen LogP contribution in [0.25, 0.3) is 0 Å². The van der Waals surface area contributed by atoms with Crippen LogP contribution in [0, 0.1) is 6.92 Å². The van der Waals surface area contributed by atoms with Crippen LogP contribution in [-0.4, -0.2) is 41.4 Å². The third-order valence-electron chi connectivity index (χ3n) is 4.37. The summed E-state index contributed by atoms with van der Waals surface area (Å²) in [7, 11) is 5.41. The van der Waals surface area contributed by atoms with Gasteiger partial charge in [0, 0.05) is 20.6 Å². The SMILES string of the molecule is CN=C(NCCC(C)c1ccc(OC)cc1)NCc1nnc(C)n1C.I. The molecule has 144 valence electrons. The second kappa shape index (κ2) is 11.0. The summed E-state index contributed by atoms with van der Waals surface area (Å²) in [6.45, 7) is 5.59. The van der Waals surface area contributed by atoms with Gasteiger partial charge in [0.1, 0.15) is 11.6 Å². The van der Waals surface area contributed by atoms with Gasteiger partial charge in [0.25, 0.3) is 0 Å². The Labute approximate surface area is 172 Å². The van der Waals surface area contributed by atoms with Crippen molar-refractivity contribution in [1.82, 2.24) is 25.4 Å². The van der Waals surface area contributed by atoms with Crippen molar-refractivity contribution in [3.05, 3.63) is 41.5 Å². The quantitative estimate of drug-likeness (QED) is 0.368. The van der Waals surface area contributed by atoms with Crippen molar-refractivity contribution in [2.75, 3.05) is 20.7 Å². The molecule has 8 heteroatoms. The molecule has 26 heavy (non-hydrogen) atoms. The van der Waals surface area contributed by atoms with Crippen LogP contribution >= 0.6 is 24.0 Å². The number of methoxy groups -OCH3 is 1. The number of halogens is 1. The third kappa shape index (κ3) is 6.15. The highest BCUT2D eigenvalue weighted by atomic mass is 127. The number of aliphatic imine (C=N–C) groups is 1. The van der Waals surface area contributed by atoms with Gasteiger partial charge in [-0.05, 0) is 37.0 Å². The molecule has 2 aromatic rings. The summed E-state index contributed by atoms with van der Waals surface area (Å²) in [5, 5.41) is 14.8. The predicted octanol–water partition coefficient (Wildman–Crippen LogP) is 2.61. The molecule has 1 heterocycles. The summed E-state index contributed by atoms with van der Waals surface area (Å²) >= 11 is 0. The molecule has 1 unspecified atom stereocenters. The van der Waals surface area contributed by atoms with Crippen molar-refractivity contribution in [1.29, 1.82) is 0 Å². The molecule has 0 aliphatic carbocycles. The fourth-order valence-electron chi connectivity index (χ4n) is 2.49. The van der Waals surface area contributed by atoms with Crippen molar-refractivity contribution in [2.45, 2.75) is 32.7 Å². The first-order valence-corrected chi connectivity index (χ1v) is 8.48. The van der Waals surface area contributed by atoms with Crippen LogP contribution in [0.3, 0.4) is 0 Å². The standard InChI is InChI=1S/C18H28N6O.HI/c1-13(15-6-8-16(25-5)9-7-15)10-11-20-18(19-3)21-12-17-23-22-14(2)24(17)4;/h6-9,13H,10-12H2,1-5H3,(H2,19,20,21);1H. The molecule has 0 spiro atoms. The zero-order valence-corrected chi connectivity index (χ0v) is 18.4. The molecule has 0 aliphatic heterocycles. The number of hydrogen-bond acceptors (Lipinski definition) is 4. The molecule has 1 aromatic heterocycles. The predicted molar refractivity (Wildman–Crippen MR) is 115 cm³/mol. The molecule has 1 atom stereocenters. The maximum absolute atomic E-state index is 5.20. The minimum atomic E-state index is 0. The van der Waals surface area contributed by atoms with E-state index < -0.39 is 0 Å². The summed E-state index contributed by atoms with van der Waals surface area (Å²) in [5.74, 6) is 3.89. The van der Waals surface area contributed by atoms with Gasteiger partial charge in [0.15, 0.2) is 11.8 Å². The van der Waals surface area contributed by atoms with Crippen LogP contribution in [0.15, 0.2) is 29.3 Å². The number of rotatable bonds is 7. The Balaban J connectivity index is 0.00000338. The van der Waals surface area contributed by atoms with Gasteiger partial charge < -0.3 is 19.9 Å². The molecule has 7 nitrogen and oxygen atoms in total. The normalized spacial score (nSPS) is 12.3. The van der Waals surface area contributed by atoms with Crippen molar-refractivity contribution in [2.24, 2.45) is 12.0 Å². The van der Waals surface area contributed by atoms with E-state index >= 15 is 0 Å². The molecule has 0 amide bonds. The van der Waals surface area contributed by atoms with E-state index in [-0.39, 0.29) is 24.0 Å². The second-order valence-electron chi connectivity index (χ2n) is 6.04. The first-order chi connectivity index (χ1) is 12.0. The highest BCUT2D eigenvalue weighted by Crippen LogP contribution is 2.21. The molecule has 1 aromatic carbocycles. The van der Waals surface area contributed by atoms with Crippen LogP contribution in [0.4, 0.5) is 0 Å². The van der Waals surface area contributed by atoms with E-state index in [1.165, 1.54) is 5.56 Å². The Morgan fingerprint density at radius 3 is 2.46 bits per heavy atom. The van der Waals surface area contributed by atoms with E-state index in [4.69, 9.17) is 4.74 Å². The number of hydrogen-bond donors (Lipinski definition) is 2. The number of nitrogens with one attached hydrogen (secondary N) is 2. The highest BCUT2D eigenvalue weighted by molar-refractivity contribution is 14.0. The lowest BCUT2D eigenvalue weighted by Gasteiger charge is -2.15. The van der Waals surface area contributed by atoms with Gasteiger partial charge in [-0.15, -0.1) is 34.2 Å². The molecule has 0 bridgehead atoms. The van der Waals surface area contributed by atoms with Crippen LogP contribution in [0.2, 0.25) is 0 Å². The summed E-state index contributed by atoms with van der Waals surface area (Å²) in [6, 6.07) is 8.24. The van der Waals surface area contributed by atoms with Crippen molar-refractivity contribution in [3.8, 4) is 5.75 Å². The highest BCUT2D eigenvalue weighted by Gasteiger charge is 2.08. The molecule has 0 saturated heterocycles. The third-order valence-corrected chi connectivity index (χ3v) is 4.37. The second-order valence-corrected chi connectivity index (χ2v) is 6.04. The number of aryl methyl sites for hydroxylation is 1. The Bertz CT molecular complexity index is 698. The minimum absolute atomic E-state index is 0. The lowest BCUT2D eigenvalue weighted by molar-refractivity contribution is 0.414. The smallest absolute Gasteiger partial charge is 0.191 e. The first kappa shape index (κ1) is 22.2. The largest absolute Gasteiger partial charge is 0.497 e. The zero-order chi connectivity index (χ0) is 18.2. The summed E-state index contributed by atoms with van der Waals surface area (Å²) in [4.78, 5) is 4.25. The lowest BCUT2D eigenvalue weighted by atomic mass is 9.98. The number of nitrogens with zero attached hydrogens (tertiary/aromatic N) is 4. The first-order valence-electron chi connectivity index (χ1n) is 8.48. The van der Waals surface area contributed by atoms with Gasteiger partial charge in [-0.25, -0.2) is 0 Å². The zero-order valence-electron chi connectivity index (χ0n) is 16.1. The van der Waals surface area contributed by atoms with Crippen molar-refractivity contribution < 1.29 is 4.74 Å². The van der Waals surface area contributed by atoms with Crippen LogP contribution in [-0.2, 0) is 13.6 Å². The Hall–Kier alpha value is -1.84. The monoisotopic (exact) mass is 472 g/mol. The summed E-state index contributed by atoms with van der Waals surface area (Å²) < 4.78 is 7.17. The van der Waals surface area contributed by atoms with Gasteiger partial charge in [0.2, 0.25) is 0 Å². The molecule has 0 saturated carbocycles. The van der Waals surface area contributed by atoms with Gasteiger partial charge in [-0.2, -0.15) is 0 Å². The minimum Gasteiger partial charge on any atom is -0.497 e. The van der Waals surface area contributed by atoms with Gasteiger partial charge in [0.05, 0.1) is 13.7 Å². The van der Waals surface area contributed by atoms with Gasteiger partial charge in [-0.1, -0.05) is 19.1 Å². The van der Waals surface area contributed by atoms with Crippen LogP contribution < -0.4 is 15.4 Å². The van der Waals surface area contributed by atoms with E-state index in [0.29, 0.717) is 12.5 Å². The Kier molecular flexibility index (Phi) is 9.39. The van der Waals surface area contributed by atoms with E-state index in [0.717, 1.165) is 36.3 Å². The molecule has 2 N–H and O–H groups in total. The van der Waals surface area contributed by atoms with Crippen LogP contribution in [0.1, 0.15) is 36.5 Å². The fourth-order valence-corrected chi connectivity index (χ4v) is 2.49. The number of ether oxygens (including phenoxy) is 1. The fraction of sp³-hybridized carbons (Fsp3) is 0.500. The van der Waals surface area contributed by atoms with Crippen molar-refractivity contribution >= 4 is 29.9 Å². The van der Waals surface area contributed by atoms with E-state index in [1.54, 1.807) is 14.2 Å². The van der Waals surface area contributed by atoms with E-state index in [9.17, 15) is 0 Å². The average molecular weight is 472 g/mol. The molecule has 0 fully saturated rings. The van der Waals surface area contributed by atoms with E-state index in [1.807, 2.05) is 30.7 Å². The Morgan fingerprint density at radius 2 is 1.92 bits per heavy atom. The summed E-state index contributed by atoms with van der Waals surface area (Å²) in [5.41, 5.74) is 1.31. The summed E-state index contributed by atoms with van der Waals surface area (Å²) in [6.07, 6.45) is 1.01. The van der Waals surface area contributed by atoms with Gasteiger partial charge >= 0.3 is 0 Å². The van der Waals surface area contributed by atoms with Crippen LogP contribution in [0.5, 0.6) is 5.75 Å². The molecule has 0 radical (unpaired) electrons. The topological polar surface area (TPSA) is 76.4 Å². The lowest BCUT2D eigenvalue weighted by Crippen LogP contribution is -2.38. The number of benzene rings is 1. The number of guanidine groups is 1. The molecule has 2 rings (SSSR count).